The molecule has 270 valence electrons. The summed E-state index contributed by atoms with van der Waals surface area (Å²) in [4.78, 5) is 4.93. The Hall–Kier alpha value is -6.74. The van der Waals surface area contributed by atoms with Gasteiger partial charge in [0.1, 0.15) is 0 Å². The van der Waals surface area contributed by atoms with E-state index in [-0.39, 0.29) is 0 Å². The van der Waals surface area contributed by atoms with Crippen molar-refractivity contribution in [3.05, 3.63) is 200 Å². The van der Waals surface area contributed by atoms with Crippen LogP contribution in [-0.4, -0.2) is 7.05 Å². The van der Waals surface area contributed by atoms with Crippen LogP contribution in [0.3, 0.4) is 0 Å². The number of hydrogen-bond donors (Lipinski definition) is 0. The van der Waals surface area contributed by atoms with Crippen LogP contribution in [0.2, 0.25) is 0 Å². The second-order valence-electron chi connectivity index (χ2n) is 15.2. The van der Waals surface area contributed by atoms with Crippen molar-refractivity contribution in [3.63, 3.8) is 0 Å². The van der Waals surface area contributed by atoms with Crippen LogP contribution in [0.5, 0.6) is 0 Å². The summed E-state index contributed by atoms with van der Waals surface area (Å²) in [5.74, 6) is 0. The fourth-order valence-electron chi connectivity index (χ4n) is 9.10. The molecule has 0 saturated heterocycles. The highest BCUT2D eigenvalue weighted by Gasteiger charge is 2.25. The molecule has 1 aliphatic rings. The molecule has 0 bridgehead atoms. The fraction of sp³-hybridized carbons (Fsp3) is 0.0545. The zero-order valence-corrected chi connectivity index (χ0v) is 32.6. The highest BCUT2D eigenvalue weighted by Crippen LogP contribution is 2.52. The van der Waals surface area contributed by atoms with Gasteiger partial charge in [-0.2, -0.15) is 0 Å². The molecule has 2 heteroatoms. The molecule has 1 aromatic heterocycles. The average Bonchev–Trinajstić information content (AvgIpc) is 3.69. The Morgan fingerprint density at radius 1 is 0.456 bits per heavy atom. The summed E-state index contributed by atoms with van der Waals surface area (Å²) in [6.07, 6.45) is 8.94. The van der Waals surface area contributed by atoms with Crippen molar-refractivity contribution >= 4 is 71.4 Å². The van der Waals surface area contributed by atoms with Crippen LogP contribution in [0.1, 0.15) is 18.4 Å². The van der Waals surface area contributed by atoms with E-state index >= 15 is 0 Å². The summed E-state index contributed by atoms with van der Waals surface area (Å²) >= 11 is 1.92. The van der Waals surface area contributed by atoms with Gasteiger partial charge in [-0.3, -0.25) is 0 Å². The molecule has 0 atom stereocenters. The maximum Gasteiger partial charge on any atom is 0.0487 e. The Bertz CT molecular complexity index is 3140. The summed E-state index contributed by atoms with van der Waals surface area (Å²) in [5.41, 5.74) is 12.7. The molecule has 0 N–H and O–H groups in total. The highest BCUT2D eigenvalue weighted by molar-refractivity contribution is 7.20. The first kappa shape index (κ1) is 33.6. The number of rotatable bonds is 7. The van der Waals surface area contributed by atoms with Crippen molar-refractivity contribution in [3.8, 4) is 43.1 Å². The number of allylic oxidation sites excluding steroid dienone is 4. The van der Waals surface area contributed by atoms with Crippen LogP contribution in [0.25, 0.3) is 91.8 Å². The van der Waals surface area contributed by atoms with Gasteiger partial charge in [0, 0.05) is 44.7 Å². The van der Waals surface area contributed by atoms with Gasteiger partial charge in [0.05, 0.1) is 0 Å². The summed E-state index contributed by atoms with van der Waals surface area (Å²) in [5, 5.41) is 10.4. The molecule has 1 heterocycles. The first-order chi connectivity index (χ1) is 28.2. The molecule has 0 amide bonds. The monoisotopic (exact) mass is 745 g/mol. The van der Waals surface area contributed by atoms with Gasteiger partial charge in [0.25, 0.3) is 0 Å². The maximum atomic E-state index is 2.35. The molecule has 0 radical (unpaired) electrons. The summed E-state index contributed by atoms with van der Waals surface area (Å²) in [6, 6.07) is 65.1. The van der Waals surface area contributed by atoms with Gasteiger partial charge in [0.2, 0.25) is 0 Å². The second-order valence-corrected chi connectivity index (χ2v) is 16.2. The summed E-state index contributed by atoms with van der Waals surface area (Å²) in [7, 11) is 2.17. The zero-order chi connectivity index (χ0) is 37.9. The molecule has 0 unspecified atom stereocenters. The standard InChI is InChI=1S/C55H39NS/c1-56(49-21-11-17-36-12-8-9-20-47(36)49)45-32-28-44(29-33-45)55-53(39-15-6-3-7-16-39)52(38-13-4-2-5-14-38)54(57-55)43-26-22-37(23-27-43)46-34-30-42-25-24-40-18-10-19-41-31-35-48(46)51(42)50(40)41/h2-4,6-13,15-35H,5,14H2,1H3. The van der Waals surface area contributed by atoms with Gasteiger partial charge >= 0.3 is 0 Å². The molecule has 57 heavy (non-hydrogen) atoms. The molecule has 0 aliphatic heterocycles. The lowest BCUT2D eigenvalue weighted by Gasteiger charge is -2.22. The predicted octanol–water partition coefficient (Wildman–Crippen LogP) is 16.0. The first-order valence-corrected chi connectivity index (χ1v) is 20.7. The van der Waals surface area contributed by atoms with E-state index in [1.807, 2.05) is 11.3 Å². The van der Waals surface area contributed by atoms with Crippen molar-refractivity contribution in [2.24, 2.45) is 0 Å². The lowest BCUT2D eigenvalue weighted by molar-refractivity contribution is 1.06. The second kappa shape index (κ2) is 13.8. The van der Waals surface area contributed by atoms with Crippen LogP contribution in [-0.2, 0) is 0 Å². The van der Waals surface area contributed by atoms with Crippen molar-refractivity contribution in [2.75, 3.05) is 11.9 Å². The number of hydrogen-bond acceptors (Lipinski definition) is 2. The van der Waals surface area contributed by atoms with Crippen LogP contribution < -0.4 is 4.90 Å². The number of nitrogens with zero attached hydrogens (tertiary/aromatic N) is 1. The molecular formula is C55H39NS. The topological polar surface area (TPSA) is 3.24 Å². The molecule has 9 aromatic carbocycles. The van der Waals surface area contributed by atoms with Crippen molar-refractivity contribution in [2.45, 2.75) is 12.8 Å². The largest absolute Gasteiger partial charge is 0.344 e. The SMILES string of the molecule is CN(c1ccc(-c2sc(-c3ccc(-c4ccc5ccc6cccc7ccc4c5c67)cc3)c(C3=CC=CCC3)c2-c2ccccc2)cc1)c1cccc2ccccc12. The number of thiophene rings is 1. The van der Waals surface area contributed by atoms with Crippen molar-refractivity contribution in [1.82, 2.24) is 0 Å². The minimum atomic E-state index is 1.02. The normalized spacial score (nSPS) is 12.9. The maximum absolute atomic E-state index is 2.35. The van der Waals surface area contributed by atoms with Crippen LogP contribution >= 0.6 is 11.3 Å². The van der Waals surface area contributed by atoms with Gasteiger partial charge < -0.3 is 4.90 Å². The minimum absolute atomic E-state index is 1.02. The molecule has 10 aromatic rings. The lowest BCUT2D eigenvalue weighted by atomic mass is 9.87. The van der Waals surface area contributed by atoms with Crippen LogP contribution in [0.15, 0.2) is 194 Å². The Kier molecular flexibility index (Phi) is 8.12. The Morgan fingerprint density at radius 2 is 1.07 bits per heavy atom. The molecule has 11 rings (SSSR count). The third kappa shape index (κ3) is 5.67. The molecule has 0 spiro atoms. The van der Waals surface area contributed by atoms with Gasteiger partial charge in [0.15, 0.2) is 0 Å². The Morgan fingerprint density at radius 3 is 1.84 bits per heavy atom. The highest BCUT2D eigenvalue weighted by atomic mass is 32.1. The van der Waals surface area contributed by atoms with Crippen molar-refractivity contribution < 1.29 is 0 Å². The molecule has 1 nitrogen and oxygen atoms in total. The van der Waals surface area contributed by atoms with E-state index in [4.69, 9.17) is 0 Å². The molecule has 1 aliphatic carbocycles. The van der Waals surface area contributed by atoms with E-state index in [1.54, 1.807) is 0 Å². The minimum Gasteiger partial charge on any atom is -0.344 e. The summed E-state index contributed by atoms with van der Waals surface area (Å²) < 4.78 is 0. The summed E-state index contributed by atoms with van der Waals surface area (Å²) in [6.45, 7) is 0. The first-order valence-electron chi connectivity index (χ1n) is 19.9. The zero-order valence-electron chi connectivity index (χ0n) is 31.7. The van der Waals surface area contributed by atoms with E-state index in [1.165, 1.54) is 103 Å². The third-order valence-corrected chi connectivity index (χ3v) is 13.2. The fourth-order valence-corrected chi connectivity index (χ4v) is 10.5. The van der Waals surface area contributed by atoms with E-state index in [0.717, 1.165) is 18.5 Å². The van der Waals surface area contributed by atoms with Crippen LogP contribution in [0, 0.1) is 0 Å². The molecule has 0 fully saturated rings. The molecule has 0 saturated carbocycles. The smallest absolute Gasteiger partial charge is 0.0487 e. The van der Waals surface area contributed by atoms with E-state index in [0.29, 0.717) is 0 Å². The van der Waals surface area contributed by atoms with E-state index in [9.17, 15) is 0 Å². The number of benzene rings is 9. The van der Waals surface area contributed by atoms with Gasteiger partial charge in [-0.25, -0.2) is 0 Å². The van der Waals surface area contributed by atoms with Crippen molar-refractivity contribution in [1.29, 1.82) is 0 Å². The predicted molar refractivity (Wildman–Crippen MR) is 248 cm³/mol. The van der Waals surface area contributed by atoms with E-state index < -0.39 is 0 Å². The quantitative estimate of drug-likeness (QED) is 0.147. The Labute approximate surface area is 337 Å². The third-order valence-electron chi connectivity index (χ3n) is 11.9. The van der Waals surface area contributed by atoms with Gasteiger partial charge in [-0.15, -0.1) is 11.3 Å². The van der Waals surface area contributed by atoms with E-state index in [2.05, 4.69) is 206 Å². The number of anilines is 2. The number of fused-ring (bicyclic) bond motifs is 1. The Balaban J connectivity index is 1.04. The average molecular weight is 746 g/mol. The van der Waals surface area contributed by atoms with Gasteiger partial charge in [-0.1, -0.05) is 176 Å². The molecular weight excluding hydrogens is 707 g/mol. The van der Waals surface area contributed by atoms with Crippen LogP contribution in [0.4, 0.5) is 11.4 Å². The lowest BCUT2D eigenvalue weighted by Crippen LogP contribution is -2.09. The van der Waals surface area contributed by atoms with Gasteiger partial charge in [-0.05, 0) is 102 Å².